The van der Waals surface area contributed by atoms with Crippen LogP contribution in [0.1, 0.15) is 29.9 Å². The first-order valence-corrected chi connectivity index (χ1v) is 7.10. The van der Waals surface area contributed by atoms with Crippen LogP contribution in [0.5, 0.6) is 0 Å². The lowest BCUT2D eigenvalue weighted by molar-refractivity contribution is 0.102. The molecule has 0 unspecified atom stereocenters. The van der Waals surface area contributed by atoms with Crippen LogP contribution < -0.4 is 10.6 Å². The Morgan fingerprint density at radius 2 is 2.09 bits per heavy atom. The highest BCUT2D eigenvalue weighted by molar-refractivity contribution is 6.03. The van der Waals surface area contributed by atoms with E-state index in [1.807, 2.05) is 12.1 Å². The predicted octanol–water partition coefficient (Wildman–Crippen LogP) is 3.27. The fraction of sp³-hybridized carbons (Fsp3) is 0.235. The average Bonchev–Trinajstić information content (AvgIpc) is 2.53. The average molecular weight is 294 g/mol. The highest BCUT2D eigenvalue weighted by atomic mass is 16.1. The Hall–Kier alpha value is -2.87. The summed E-state index contributed by atoms with van der Waals surface area (Å²) >= 11 is 0. The molecule has 0 aliphatic carbocycles. The van der Waals surface area contributed by atoms with Crippen LogP contribution in [0, 0.1) is 17.2 Å². The second kappa shape index (κ2) is 7.23. The molecule has 1 aromatic carbocycles. The number of hydrogen-bond donors (Lipinski definition) is 2. The molecule has 0 fully saturated rings. The van der Waals surface area contributed by atoms with Crippen LogP contribution in [0.4, 0.5) is 11.4 Å². The van der Waals surface area contributed by atoms with E-state index < -0.39 is 0 Å². The molecule has 0 aliphatic heterocycles. The SMILES string of the molecule is CC(C)CNc1ccc(C(=O)Nc2cccc(C#N)c2)nc1. The van der Waals surface area contributed by atoms with Gasteiger partial charge in [-0.2, -0.15) is 5.26 Å². The molecule has 1 heterocycles. The van der Waals surface area contributed by atoms with Gasteiger partial charge in [0, 0.05) is 12.2 Å². The Labute approximate surface area is 130 Å². The van der Waals surface area contributed by atoms with Gasteiger partial charge in [-0.15, -0.1) is 0 Å². The molecule has 2 rings (SSSR count). The molecule has 1 aromatic heterocycles. The van der Waals surface area contributed by atoms with Gasteiger partial charge in [0.05, 0.1) is 23.5 Å². The number of amides is 1. The van der Waals surface area contributed by atoms with Crippen LogP contribution in [0.3, 0.4) is 0 Å². The fourth-order valence-electron chi connectivity index (χ4n) is 1.82. The van der Waals surface area contributed by atoms with Gasteiger partial charge in [0.2, 0.25) is 0 Å². The van der Waals surface area contributed by atoms with E-state index in [0.717, 1.165) is 12.2 Å². The van der Waals surface area contributed by atoms with Crippen molar-refractivity contribution < 1.29 is 4.79 Å². The molecule has 0 saturated carbocycles. The van der Waals surface area contributed by atoms with E-state index in [0.29, 0.717) is 22.9 Å². The zero-order chi connectivity index (χ0) is 15.9. The van der Waals surface area contributed by atoms with Crippen LogP contribution in [-0.2, 0) is 0 Å². The lowest BCUT2D eigenvalue weighted by atomic mass is 10.2. The molecule has 2 N–H and O–H groups in total. The summed E-state index contributed by atoms with van der Waals surface area (Å²) in [4.78, 5) is 16.3. The largest absolute Gasteiger partial charge is 0.384 e. The molecule has 0 atom stereocenters. The van der Waals surface area contributed by atoms with Crippen LogP contribution in [0.25, 0.3) is 0 Å². The highest BCUT2D eigenvalue weighted by Gasteiger charge is 2.08. The maximum absolute atomic E-state index is 12.1. The number of carbonyl (C=O) groups excluding carboxylic acids is 1. The Balaban J connectivity index is 2.02. The molecule has 1 amide bonds. The van der Waals surface area contributed by atoms with Crippen molar-refractivity contribution in [1.29, 1.82) is 5.26 Å². The molecule has 2 aromatic rings. The summed E-state index contributed by atoms with van der Waals surface area (Å²) in [5, 5.41) is 14.8. The Morgan fingerprint density at radius 1 is 1.27 bits per heavy atom. The van der Waals surface area contributed by atoms with Crippen molar-refractivity contribution in [2.45, 2.75) is 13.8 Å². The molecule has 0 spiro atoms. The van der Waals surface area contributed by atoms with Crippen LogP contribution in [-0.4, -0.2) is 17.4 Å². The van der Waals surface area contributed by atoms with Gasteiger partial charge in [-0.25, -0.2) is 4.98 Å². The normalized spacial score (nSPS) is 10.1. The van der Waals surface area contributed by atoms with Crippen molar-refractivity contribution >= 4 is 17.3 Å². The minimum atomic E-state index is -0.300. The summed E-state index contributed by atoms with van der Waals surface area (Å²) in [5.41, 5.74) is 2.29. The Kier molecular flexibility index (Phi) is 5.10. The van der Waals surface area contributed by atoms with Gasteiger partial charge in [-0.3, -0.25) is 4.79 Å². The summed E-state index contributed by atoms with van der Waals surface area (Å²) in [6.07, 6.45) is 1.64. The molecule has 0 aliphatic rings. The summed E-state index contributed by atoms with van der Waals surface area (Å²) in [6.45, 7) is 5.10. The quantitative estimate of drug-likeness (QED) is 0.887. The minimum Gasteiger partial charge on any atom is -0.384 e. The second-order valence-corrected chi connectivity index (χ2v) is 5.35. The van der Waals surface area contributed by atoms with Gasteiger partial charge in [0.1, 0.15) is 5.69 Å². The van der Waals surface area contributed by atoms with Gasteiger partial charge >= 0.3 is 0 Å². The third-order valence-corrected chi connectivity index (χ3v) is 2.96. The first-order valence-electron chi connectivity index (χ1n) is 7.10. The first-order chi connectivity index (χ1) is 10.6. The van der Waals surface area contributed by atoms with Crippen molar-refractivity contribution in [3.05, 3.63) is 53.9 Å². The number of anilines is 2. The monoisotopic (exact) mass is 294 g/mol. The van der Waals surface area contributed by atoms with Crippen LogP contribution >= 0.6 is 0 Å². The van der Waals surface area contributed by atoms with E-state index in [9.17, 15) is 4.79 Å². The minimum absolute atomic E-state index is 0.300. The second-order valence-electron chi connectivity index (χ2n) is 5.35. The number of nitrogens with one attached hydrogen (secondary N) is 2. The lowest BCUT2D eigenvalue weighted by Crippen LogP contribution is -2.14. The van der Waals surface area contributed by atoms with Crippen molar-refractivity contribution in [3.8, 4) is 6.07 Å². The van der Waals surface area contributed by atoms with Gasteiger partial charge in [0.15, 0.2) is 0 Å². The number of benzene rings is 1. The zero-order valence-electron chi connectivity index (χ0n) is 12.6. The van der Waals surface area contributed by atoms with Crippen molar-refractivity contribution in [1.82, 2.24) is 4.98 Å². The maximum atomic E-state index is 12.1. The molecule has 112 valence electrons. The summed E-state index contributed by atoms with van der Waals surface area (Å²) < 4.78 is 0. The number of carbonyl (C=O) groups is 1. The number of rotatable bonds is 5. The molecular formula is C17H18N4O. The van der Waals surface area contributed by atoms with Crippen LogP contribution in [0.2, 0.25) is 0 Å². The van der Waals surface area contributed by atoms with E-state index in [4.69, 9.17) is 5.26 Å². The molecule has 5 nitrogen and oxygen atoms in total. The Bertz CT molecular complexity index is 687. The number of nitriles is 1. The molecule has 5 heteroatoms. The van der Waals surface area contributed by atoms with E-state index in [-0.39, 0.29) is 5.91 Å². The maximum Gasteiger partial charge on any atom is 0.274 e. The standard InChI is InChI=1S/C17H18N4O/c1-12(2)10-19-15-6-7-16(20-11-15)17(22)21-14-5-3-4-13(8-14)9-18/h3-8,11-12,19H,10H2,1-2H3,(H,21,22). The van der Waals surface area contributed by atoms with E-state index in [2.05, 4.69) is 29.5 Å². The summed E-state index contributed by atoms with van der Waals surface area (Å²) in [5.74, 6) is 0.237. The fourth-order valence-corrected chi connectivity index (χ4v) is 1.82. The first kappa shape index (κ1) is 15.5. The van der Waals surface area contributed by atoms with Gasteiger partial charge in [-0.1, -0.05) is 19.9 Å². The van der Waals surface area contributed by atoms with Gasteiger partial charge < -0.3 is 10.6 Å². The number of nitrogens with zero attached hydrogens (tertiary/aromatic N) is 2. The third-order valence-electron chi connectivity index (χ3n) is 2.96. The van der Waals surface area contributed by atoms with E-state index >= 15 is 0 Å². The van der Waals surface area contributed by atoms with Gasteiger partial charge in [-0.05, 0) is 36.2 Å². The van der Waals surface area contributed by atoms with E-state index in [1.54, 1.807) is 36.5 Å². The molecule has 0 saturated heterocycles. The highest BCUT2D eigenvalue weighted by Crippen LogP contribution is 2.12. The molecule has 0 bridgehead atoms. The van der Waals surface area contributed by atoms with Crippen molar-refractivity contribution in [3.63, 3.8) is 0 Å². The summed E-state index contributed by atoms with van der Waals surface area (Å²) in [7, 11) is 0. The molecule has 0 radical (unpaired) electrons. The van der Waals surface area contributed by atoms with Crippen molar-refractivity contribution in [2.75, 3.05) is 17.2 Å². The number of aromatic nitrogens is 1. The van der Waals surface area contributed by atoms with E-state index in [1.165, 1.54) is 0 Å². The molecular weight excluding hydrogens is 276 g/mol. The number of hydrogen-bond acceptors (Lipinski definition) is 4. The summed E-state index contributed by atoms with van der Waals surface area (Å²) in [6, 6.07) is 12.3. The smallest absolute Gasteiger partial charge is 0.274 e. The topological polar surface area (TPSA) is 77.8 Å². The van der Waals surface area contributed by atoms with Crippen molar-refractivity contribution in [2.24, 2.45) is 5.92 Å². The molecule has 22 heavy (non-hydrogen) atoms. The lowest BCUT2D eigenvalue weighted by Gasteiger charge is -2.09. The Morgan fingerprint density at radius 3 is 2.73 bits per heavy atom. The predicted molar refractivity (Wildman–Crippen MR) is 86.7 cm³/mol. The number of pyridine rings is 1. The zero-order valence-corrected chi connectivity index (χ0v) is 12.6. The van der Waals surface area contributed by atoms with Gasteiger partial charge in [0.25, 0.3) is 5.91 Å². The van der Waals surface area contributed by atoms with Crippen LogP contribution in [0.15, 0.2) is 42.6 Å². The third kappa shape index (κ3) is 4.32.